The van der Waals surface area contributed by atoms with Gasteiger partial charge in [-0.15, -0.1) is 0 Å². The molecular weight excluding hydrogens is 348 g/mol. The third-order valence-corrected chi connectivity index (χ3v) is 3.20. The Morgan fingerprint density at radius 2 is 2.05 bits per heavy atom. The summed E-state index contributed by atoms with van der Waals surface area (Å²) in [6.45, 7) is 0. The van der Waals surface area contributed by atoms with E-state index >= 15 is 0 Å². The minimum atomic E-state index is -0.577. The van der Waals surface area contributed by atoms with Gasteiger partial charge in [0.2, 0.25) is 0 Å². The standard InChI is InChI=1S/C13H6BrClN2O3/c14-9-2-1-8(7-16)13(5-9)20-10-3-4-12(17(18)19)11(15)6-10/h1-6H. The highest BCUT2D eigenvalue weighted by molar-refractivity contribution is 9.10. The molecule has 100 valence electrons. The number of ether oxygens (including phenoxy) is 1. The molecule has 0 aliphatic carbocycles. The molecule has 0 bridgehead atoms. The van der Waals surface area contributed by atoms with Crippen molar-refractivity contribution in [2.75, 3.05) is 0 Å². The zero-order chi connectivity index (χ0) is 14.7. The van der Waals surface area contributed by atoms with Crippen LogP contribution in [0.15, 0.2) is 40.9 Å². The monoisotopic (exact) mass is 352 g/mol. The van der Waals surface area contributed by atoms with Gasteiger partial charge in [-0.05, 0) is 24.3 Å². The second-order valence-electron chi connectivity index (χ2n) is 3.72. The van der Waals surface area contributed by atoms with E-state index in [0.717, 1.165) is 4.47 Å². The zero-order valence-corrected chi connectivity index (χ0v) is 12.2. The van der Waals surface area contributed by atoms with Gasteiger partial charge in [-0.2, -0.15) is 5.26 Å². The summed E-state index contributed by atoms with van der Waals surface area (Å²) in [4.78, 5) is 10.1. The fourth-order valence-electron chi connectivity index (χ4n) is 1.50. The molecule has 0 aliphatic rings. The summed E-state index contributed by atoms with van der Waals surface area (Å²) < 4.78 is 6.29. The normalized spacial score (nSPS) is 9.85. The Morgan fingerprint density at radius 1 is 1.30 bits per heavy atom. The maximum absolute atomic E-state index is 10.7. The van der Waals surface area contributed by atoms with E-state index < -0.39 is 4.92 Å². The van der Waals surface area contributed by atoms with Gasteiger partial charge < -0.3 is 4.74 Å². The van der Waals surface area contributed by atoms with Gasteiger partial charge in [0.15, 0.2) is 0 Å². The second-order valence-corrected chi connectivity index (χ2v) is 5.05. The van der Waals surface area contributed by atoms with Crippen LogP contribution >= 0.6 is 27.5 Å². The largest absolute Gasteiger partial charge is 0.456 e. The van der Waals surface area contributed by atoms with Crippen molar-refractivity contribution < 1.29 is 9.66 Å². The lowest BCUT2D eigenvalue weighted by Crippen LogP contribution is -1.91. The van der Waals surface area contributed by atoms with Crippen LogP contribution in [0.3, 0.4) is 0 Å². The van der Waals surface area contributed by atoms with Crippen LogP contribution in [-0.2, 0) is 0 Å². The first-order valence-corrected chi connectivity index (χ1v) is 6.50. The molecule has 0 saturated carbocycles. The molecule has 20 heavy (non-hydrogen) atoms. The van der Waals surface area contributed by atoms with Crippen molar-refractivity contribution in [3.63, 3.8) is 0 Å². The second kappa shape index (κ2) is 5.90. The fourth-order valence-corrected chi connectivity index (χ4v) is 2.08. The highest BCUT2D eigenvalue weighted by atomic mass is 79.9. The van der Waals surface area contributed by atoms with Gasteiger partial charge in [0.1, 0.15) is 22.6 Å². The van der Waals surface area contributed by atoms with E-state index in [-0.39, 0.29) is 10.7 Å². The average molecular weight is 354 g/mol. The van der Waals surface area contributed by atoms with Crippen molar-refractivity contribution in [3.05, 3.63) is 61.6 Å². The van der Waals surface area contributed by atoms with Crippen LogP contribution in [0.2, 0.25) is 5.02 Å². The number of rotatable bonds is 3. The fraction of sp³-hybridized carbons (Fsp3) is 0. The first-order chi connectivity index (χ1) is 9.51. The van der Waals surface area contributed by atoms with E-state index in [2.05, 4.69) is 15.9 Å². The Hall–Kier alpha value is -2.10. The van der Waals surface area contributed by atoms with E-state index in [1.54, 1.807) is 18.2 Å². The Kier molecular flexibility index (Phi) is 4.23. The first kappa shape index (κ1) is 14.3. The number of nitro benzene ring substituents is 1. The topological polar surface area (TPSA) is 76.2 Å². The van der Waals surface area contributed by atoms with Gasteiger partial charge >= 0.3 is 0 Å². The van der Waals surface area contributed by atoms with E-state index in [1.807, 2.05) is 6.07 Å². The van der Waals surface area contributed by atoms with Crippen LogP contribution in [0.4, 0.5) is 5.69 Å². The van der Waals surface area contributed by atoms with E-state index in [1.165, 1.54) is 18.2 Å². The predicted molar refractivity (Wildman–Crippen MR) is 77.0 cm³/mol. The molecule has 0 spiro atoms. The summed E-state index contributed by atoms with van der Waals surface area (Å²) >= 11 is 9.08. The van der Waals surface area contributed by atoms with Gasteiger partial charge in [0, 0.05) is 16.6 Å². The molecule has 0 fully saturated rings. The molecule has 2 aromatic carbocycles. The van der Waals surface area contributed by atoms with E-state index in [0.29, 0.717) is 17.1 Å². The van der Waals surface area contributed by atoms with Crippen LogP contribution in [-0.4, -0.2) is 4.92 Å². The molecule has 2 aromatic rings. The van der Waals surface area contributed by atoms with Crippen molar-refractivity contribution in [1.29, 1.82) is 5.26 Å². The number of nitro groups is 1. The lowest BCUT2D eigenvalue weighted by molar-refractivity contribution is -0.384. The smallest absolute Gasteiger partial charge is 0.288 e. The molecule has 0 unspecified atom stereocenters. The lowest BCUT2D eigenvalue weighted by Gasteiger charge is -2.08. The molecule has 0 amide bonds. The molecule has 0 heterocycles. The summed E-state index contributed by atoms with van der Waals surface area (Å²) in [7, 11) is 0. The van der Waals surface area contributed by atoms with Crippen molar-refractivity contribution in [1.82, 2.24) is 0 Å². The number of hydrogen-bond donors (Lipinski definition) is 0. The van der Waals surface area contributed by atoms with Crippen LogP contribution in [0.5, 0.6) is 11.5 Å². The van der Waals surface area contributed by atoms with Crippen LogP contribution in [0.1, 0.15) is 5.56 Å². The number of nitrogens with zero attached hydrogens (tertiary/aromatic N) is 2. The minimum absolute atomic E-state index is 0.0268. The lowest BCUT2D eigenvalue weighted by atomic mass is 10.2. The van der Waals surface area contributed by atoms with Gasteiger partial charge in [-0.25, -0.2) is 0 Å². The third kappa shape index (κ3) is 3.07. The summed E-state index contributed by atoms with van der Waals surface area (Å²) in [6.07, 6.45) is 0. The zero-order valence-electron chi connectivity index (χ0n) is 9.84. The molecule has 0 saturated heterocycles. The van der Waals surface area contributed by atoms with Gasteiger partial charge in [-0.3, -0.25) is 10.1 Å². The third-order valence-electron chi connectivity index (χ3n) is 2.41. The van der Waals surface area contributed by atoms with Gasteiger partial charge in [-0.1, -0.05) is 27.5 Å². The number of hydrogen-bond acceptors (Lipinski definition) is 4. The Balaban J connectivity index is 2.36. The molecule has 2 rings (SSSR count). The summed E-state index contributed by atoms with van der Waals surface area (Å²) in [6, 6.07) is 11.0. The van der Waals surface area contributed by atoms with Crippen molar-refractivity contribution in [3.8, 4) is 17.6 Å². The predicted octanol–water partition coefficient (Wildman–Crippen LogP) is 4.67. The minimum Gasteiger partial charge on any atom is -0.456 e. The maximum atomic E-state index is 10.7. The molecule has 0 aromatic heterocycles. The summed E-state index contributed by atoms with van der Waals surface area (Å²) in [5.41, 5.74) is 0.149. The number of benzene rings is 2. The average Bonchev–Trinajstić information content (AvgIpc) is 2.38. The molecule has 7 heteroatoms. The summed E-state index contributed by atoms with van der Waals surface area (Å²) in [5.74, 6) is 0.655. The Bertz CT molecular complexity index is 728. The molecule has 0 radical (unpaired) electrons. The highest BCUT2D eigenvalue weighted by Crippen LogP contribution is 2.33. The van der Waals surface area contributed by atoms with Crippen molar-refractivity contribution >= 4 is 33.2 Å². The van der Waals surface area contributed by atoms with Crippen LogP contribution < -0.4 is 4.74 Å². The Labute approximate surface area is 127 Å². The van der Waals surface area contributed by atoms with Crippen LogP contribution in [0.25, 0.3) is 0 Å². The van der Waals surface area contributed by atoms with Crippen molar-refractivity contribution in [2.24, 2.45) is 0 Å². The molecule has 0 aliphatic heterocycles. The van der Waals surface area contributed by atoms with E-state index in [4.69, 9.17) is 21.6 Å². The van der Waals surface area contributed by atoms with Gasteiger partial charge in [0.05, 0.1) is 10.5 Å². The Morgan fingerprint density at radius 3 is 2.65 bits per heavy atom. The number of halogens is 2. The maximum Gasteiger partial charge on any atom is 0.288 e. The quantitative estimate of drug-likeness (QED) is 0.593. The molecule has 0 N–H and O–H groups in total. The summed E-state index contributed by atoms with van der Waals surface area (Å²) in [5, 5.41) is 19.6. The van der Waals surface area contributed by atoms with Gasteiger partial charge in [0.25, 0.3) is 5.69 Å². The molecule has 0 atom stereocenters. The molecular formula is C13H6BrClN2O3. The van der Waals surface area contributed by atoms with E-state index in [9.17, 15) is 10.1 Å². The highest BCUT2D eigenvalue weighted by Gasteiger charge is 2.13. The van der Waals surface area contributed by atoms with Crippen LogP contribution in [0, 0.1) is 21.4 Å². The molecule has 5 nitrogen and oxygen atoms in total. The first-order valence-electron chi connectivity index (χ1n) is 5.32. The number of nitriles is 1. The van der Waals surface area contributed by atoms with Crippen molar-refractivity contribution in [2.45, 2.75) is 0 Å². The SMILES string of the molecule is N#Cc1ccc(Br)cc1Oc1ccc([N+](=O)[O-])c(Cl)c1.